The quantitative estimate of drug-likeness (QED) is 0.422. The predicted molar refractivity (Wildman–Crippen MR) is 67.4 cm³/mol. The van der Waals surface area contributed by atoms with Gasteiger partial charge in [0.15, 0.2) is 0 Å². The number of primary amides is 2. The summed E-state index contributed by atoms with van der Waals surface area (Å²) in [6.45, 7) is -0.367. The molecule has 1 heterocycles. The topological polar surface area (TPSA) is 190 Å². The third-order valence-corrected chi connectivity index (χ3v) is 4.10. The van der Waals surface area contributed by atoms with Gasteiger partial charge in [0.25, 0.3) is 10.0 Å². The Kier molecular flexibility index (Phi) is 4.65. The number of rotatable bonds is 7. The molecule has 0 aromatic carbocycles. The molecule has 0 radical (unpaired) electrons. The molecule has 6 N–H and O–H groups in total. The number of carbonyl (C=O) groups excluding carboxylic acids is 2. The summed E-state index contributed by atoms with van der Waals surface area (Å²) in [7, 11) is -4.54. The molecule has 0 aliphatic heterocycles. The SMILES string of the molecule is Cc1[nH]nc(S(=O)(=O)N(CC(N)=O)CC(N)=O)c1C(=O)O. The smallest absolute Gasteiger partial charge is 0.340 e. The molecular weight excluding hydrogens is 306 g/mol. The number of amides is 2. The molecule has 12 heteroatoms. The highest BCUT2D eigenvalue weighted by Gasteiger charge is 2.34. The lowest BCUT2D eigenvalue weighted by Gasteiger charge is -2.17. The average molecular weight is 319 g/mol. The standard InChI is InChI=1S/C9H13N5O6S/c1-4-7(9(17)18)8(13-12-4)21(19,20)14(2-5(10)15)3-6(11)16/h2-3H2,1H3,(H2,10,15)(H2,11,16)(H,12,13)(H,17,18). The number of nitrogens with two attached hydrogens (primary N) is 2. The molecule has 0 saturated carbocycles. The van der Waals surface area contributed by atoms with Crippen molar-refractivity contribution in [3.05, 3.63) is 11.3 Å². The number of H-pyrrole nitrogens is 1. The Morgan fingerprint density at radius 2 is 1.71 bits per heavy atom. The van der Waals surface area contributed by atoms with Crippen LogP contribution >= 0.6 is 0 Å². The maximum Gasteiger partial charge on any atom is 0.340 e. The first-order valence-electron chi connectivity index (χ1n) is 5.42. The molecule has 116 valence electrons. The largest absolute Gasteiger partial charge is 0.478 e. The normalized spacial score (nSPS) is 11.5. The van der Waals surface area contributed by atoms with E-state index in [1.165, 1.54) is 6.92 Å². The molecule has 0 aliphatic carbocycles. The fourth-order valence-electron chi connectivity index (χ4n) is 1.54. The van der Waals surface area contributed by atoms with Gasteiger partial charge in [-0.2, -0.15) is 9.40 Å². The third-order valence-electron chi connectivity index (χ3n) is 2.38. The Labute approximate surface area is 118 Å². The maximum atomic E-state index is 12.3. The van der Waals surface area contributed by atoms with E-state index in [2.05, 4.69) is 10.2 Å². The fourth-order valence-corrected chi connectivity index (χ4v) is 3.04. The minimum absolute atomic E-state index is 0.000764. The number of hydrogen-bond acceptors (Lipinski definition) is 6. The molecule has 1 rings (SSSR count). The van der Waals surface area contributed by atoms with Gasteiger partial charge in [-0.15, -0.1) is 0 Å². The molecular formula is C9H13N5O6S. The van der Waals surface area contributed by atoms with Crippen molar-refractivity contribution in [2.75, 3.05) is 13.1 Å². The van der Waals surface area contributed by atoms with Crippen LogP contribution in [0.1, 0.15) is 16.1 Å². The summed E-state index contributed by atoms with van der Waals surface area (Å²) in [5.41, 5.74) is 9.22. The zero-order valence-electron chi connectivity index (χ0n) is 10.9. The first kappa shape index (κ1) is 16.6. The zero-order chi connectivity index (χ0) is 16.4. The van der Waals surface area contributed by atoms with Gasteiger partial charge < -0.3 is 16.6 Å². The summed E-state index contributed by atoms with van der Waals surface area (Å²) in [5, 5.41) is 13.8. The molecule has 0 fully saturated rings. The molecule has 0 unspecified atom stereocenters. The molecule has 0 bridgehead atoms. The van der Waals surface area contributed by atoms with Gasteiger partial charge in [0.1, 0.15) is 5.56 Å². The van der Waals surface area contributed by atoms with E-state index in [-0.39, 0.29) is 5.69 Å². The van der Waals surface area contributed by atoms with Crippen LogP contribution in [0.15, 0.2) is 5.03 Å². The van der Waals surface area contributed by atoms with Crippen LogP contribution in [0.5, 0.6) is 0 Å². The molecule has 0 atom stereocenters. The summed E-state index contributed by atoms with van der Waals surface area (Å²) in [5.74, 6) is -3.61. The monoisotopic (exact) mass is 319 g/mol. The number of aryl methyl sites for hydroxylation is 1. The number of aromatic carboxylic acids is 1. The van der Waals surface area contributed by atoms with Crippen LogP contribution in [-0.4, -0.2) is 58.9 Å². The van der Waals surface area contributed by atoms with E-state index in [4.69, 9.17) is 16.6 Å². The van der Waals surface area contributed by atoms with Crippen molar-refractivity contribution in [3.8, 4) is 0 Å². The number of carboxylic acids is 1. The summed E-state index contributed by atoms with van der Waals surface area (Å²) in [4.78, 5) is 32.9. The Balaban J connectivity index is 3.38. The van der Waals surface area contributed by atoms with Gasteiger partial charge in [-0.3, -0.25) is 14.7 Å². The van der Waals surface area contributed by atoms with Gasteiger partial charge in [-0.25, -0.2) is 13.2 Å². The van der Waals surface area contributed by atoms with Crippen LogP contribution in [0.4, 0.5) is 0 Å². The Morgan fingerprint density at radius 1 is 1.24 bits per heavy atom. The van der Waals surface area contributed by atoms with E-state index in [0.717, 1.165) is 0 Å². The molecule has 1 aromatic rings. The number of aromatic nitrogens is 2. The number of nitrogens with one attached hydrogen (secondary N) is 1. The average Bonchev–Trinajstić information content (AvgIpc) is 2.69. The number of sulfonamides is 1. The highest BCUT2D eigenvalue weighted by molar-refractivity contribution is 7.89. The molecule has 11 nitrogen and oxygen atoms in total. The second-order valence-corrected chi connectivity index (χ2v) is 5.89. The van der Waals surface area contributed by atoms with Crippen LogP contribution in [0.2, 0.25) is 0 Å². The van der Waals surface area contributed by atoms with Gasteiger partial charge in [-0.05, 0) is 6.92 Å². The zero-order valence-corrected chi connectivity index (χ0v) is 11.7. The highest BCUT2D eigenvalue weighted by atomic mass is 32.2. The van der Waals surface area contributed by atoms with Crippen molar-refractivity contribution in [2.45, 2.75) is 11.9 Å². The fraction of sp³-hybridized carbons (Fsp3) is 0.333. The van der Waals surface area contributed by atoms with Gasteiger partial charge in [-0.1, -0.05) is 0 Å². The van der Waals surface area contributed by atoms with Crippen molar-refractivity contribution in [1.29, 1.82) is 0 Å². The van der Waals surface area contributed by atoms with Crippen LogP contribution in [0, 0.1) is 6.92 Å². The van der Waals surface area contributed by atoms with E-state index in [0.29, 0.717) is 4.31 Å². The van der Waals surface area contributed by atoms with Gasteiger partial charge >= 0.3 is 5.97 Å². The molecule has 0 spiro atoms. The predicted octanol–water partition coefficient (Wildman–Crippen LogP) is -2.62. The third kappa shape index (κ3) is 3.55. The number of carboxylic acid groups (broad SMARTS) is 1. The lowest BCUT2D eigenvalue weighted by Crippen LogP contribution is -2.43. The van der Waals surface area contributed by atoms with Crippen molar-refractivity contribution in [3.63, 3.8) is 0 Å². The molecule has 1 aromatic heterocycles. The highest BCUT2D eigenvalue weighted by Crippen LogP contribution is 2.20. The van der Waals surface area contributed by atoms with E-state index in [1.54, 1.807) is 0 Å². The Hall–Kier alpha value is -2.47. The summed E-state index contributed by atoms with van der Waals surface area (Å²) >= 11 is 0. The lowest BCUT2D eigenvalue weighted by molar-refractivity contribution is -0.120. The summed E-state index contributed by atoms with van der Waals surface area (Å²) in [6.07, 6.45) is 0. The van der Waals surface area contributed by atoms with Crippen molar-refractivity contribution in [1.82, 2.24) is 14.5 Å². The van der Waals surface area contributed by atoms with Crippen LogP contribution in [-0.2, 0) is 19.6 Å². The first-order valence-corrected chi connectivity index (χ1v) is 6.86. The number of hydrogen-bond donors (Lipinski definition) is 4. The van der Waals surface area contributed by atoms with E-state index in [9.17, 15) is 22.8 Å². The molecule has 0 saturated heterocycles. The molecule has 21 heavy (non-hydrogen) atoms. The minimum atomic E-state index is -4.54. The van der Waals surface area contributed by atoms with Gasteiger partial charge in [0, 0.05) is 5.69 Å². The van der Waals surface area contributed by atoms with Gasteiger partial charge in [0.2, 0.25) is 16.8 Å². The van der Waals surface area contributed by atoms with E-state index in [1.807, 2.05) is 0 Å². The number of nitrogens with zero attached hydrogens (tertiary/aromatic N) is 2. The van der Waals surface area contributed by atoms with E-state index < -0.39 is 51.5 Å². The Bertz CT molecular complexity index is 677. The maximum absolute atomic E-state index is 12.3. The van der Waals surface area contributed by atoms with Crippen molar-refractivity contribution in [2.24, 2.45) is 11.5 Å². The number of carbonyl (C=O) groups is 3. The Morgan fingerprint density at radius 3 is 2.10 bits per heavy atom. The minimum Gasteiger partial charge on any atom is -0.478 e. The summed E-state index contributed by atoms with van der Waals surface area (Å²) < 4.78 is 25.0. The van der Waals surface area contributed by atoms with Crippen molar-refractivity contribution < 1.29 is 27.9 Å². The molecule has 0 aliphatic rings. The van der Waals surface area contributed by atoms with Crippen LogP contribution < -0.4 is 11.5 Å². The van der Waals surface area contributed by atoms with Crippen LogP contribution in [0.25, 0.3) is 0 Å². The first-order chi connectivity index (χ1) is 9.57. The van der Waals surface area contributed by atoms with Crippen molar-refractivity contribution >= 4 is 27.8 Å². The van der Waals surface area contributed by atoms with Crippen LogP contribution in [0.3, 0.4) is 0 Å². The second kappa shape index (κ2) is 5.88. The molecule has 2 amide bonds. The second-order valence-electron chi connectivity index (χ2n) is 4.04. The van der Waals surface area contributed by atoms with Gasteiger partial charge in [0.05, 0.1) is 13.1 Å². The lowest BCUT2D eigenvalue weighted by atomic mass is 10.3. The van der Waals surface area contributed by atoms with E-state index >= 15 is 0 Å². The summed E-state index contributed by atoms with van der Waals surface area (Å²) in [6, 6.07) is 0. The number of aromatic amines is 1.